The summed E-state index contributed by atoms with van der Waals surface area (Å²) in [5.41, 5.74) is -0.206. The van der Waals surface area contributed by atoms with Gasteiger partial charge in [-0.2, -0.15) is 0 Å². The van der Waals surface area contributed by atoms with E-state index in [0.717, 1.165) is 17.8 Å². The number of nitrogens with zero attached hydrogens (tertiary/aromatic N) is 1. The third-order valence-electron chi connectivity index (χ3n) is 4.78. The molecule has 20 heavy (non-hydrogen) atoms. The number of carboxylic acids is 1. The highest BCUT2D eigenvalue weighted by Crippen LogP contribution is 2.45. The van der Waals surface area contributed by atoms with E-state index < -0.39 is 5.97 Å². The van der Waals surface area contributed by atoms with Crippen LogP contribution < -0.4 is 5.32 Å². The van der Waals surface area contributed by atoms with E-state index in [4.69, 9.17) is 11.6 Å². The van der Waals surface area contributed by atoms with Crippen molar-refractivity contribution in [1.82, 2.24) is 10.3 Å². The molecule has 1 heterocycles. The number of hydrogen-bond donors (Lipinski definition) is 2. The summed E-state index contributed by atoms with van der Waals surface area (Å²) in [7, 11) is 0. The van der Waals surface area contributed by atoms with Crippen LogP contribution >= 0.6 is 22.9 Å². The van der Waals surface area contributed by atoms with Crippen LogP contribution in [0.25, 0.3) is 0 Å². The van der Waals surface area contributed by atoms with Gasteiger partial charge in [-0.25, -0.2) is 4.98 Å². The molecule has 1 saturated carbocycles. The van der Waals surface area contributed by atoms with Gasteiger partial charge in [-0.05, 0) is 24.2 Å². The number of hydrogen-bond acceptors (Lipinski definition) is 4. The van der Waals surface area contributed by atoms with E-state index in [1.165, 1.54) is 11.3 Å². The van der Waals surface area contributed by atoms with Gasteiger partial charge in [0.1, 0.15) is 9.34 Å². The van der Waals surface area contributed by atoms with Gasteiger partial charge in [0, 0.05) is 12.6 Å². The third kappa shape index (κ3) is 3.15. The van der Waals surface area contributed by atoms with Gasteiger partial charge in [-0.15, -0.1) is 11.3 Å². The molecule has 112 valence electrons. The van der Waals surface area contributed by atoms with E-state index in [0.29, 0.717) is 22.8 Å². The quantitative estimate of drug-likeness (QED) is 0.893. The number of carboxylic acid groups (broad SMARTS) is 1. The van der Waals surface area contributed by atoms with Crippen LogP contribution in [0, 0.1) is 17.3 Å². The Bertz CT molecular complexity index is 489. The van der Waals surface area contributed by atoms with Gasteiger partial charge in [0.15, 0.2) is 0 Å². The molecule has 3 unspecified atom stereocenters. The molecular formula is C14H21ClN2O2S. The average molecular weight is 317 g/mol. The topological polar surface area (TPSA) is 62.2 Å². The maximum atomic E-state index is 11.4. The summed E-state index contributed by atoms with van der Waals surface area (Å²) in [4.78, 5) is 15.6. The van der Waals surface area contributed by atoms with E-state index >= 15 is 0 Å². The SMILES string of the molecule is CC1C(NCc2ncc(Cl)s2)CCC(C(=O)O)C1(C)C. The fraction of sp³-hybridized carbons (Fsp3) is 0.714. The minimum absolute atomic E-state index is 0.206. The molecule has 0 amide bonds. The highest BCUT2D eigenvalue weighted by atomic mass is 35.5. The van der Waals surface area contributed by atoms with Crippen molar-refractivity contribution in [3.63, 3.8) is 0 Å². The Morgan fingerprint density at radius 3 is 2.85 bits per heavy atom. The van der Waals surface area contributed by atoms with Gasteiger partial charge in [0.05, 0.1) is 12.1 Å². The molecule has 4 nitrogen and oxygen atoms in total. The Kier molecular flexibility index (Phi) is 4.72. The number of thiazole rings is 1. The van der Waals surface area contributed by atoms with Crippen LogP contribution in [-0.4, -0.2) is 22.1 Å². The zero-order valence-corrected chi connectivity index (χ0v) is 13.6. The lowest BCUT2D eigenvalue weighted by molar-refractivity contribution is -0.150. The van der Waals surface area contributed by atoms with Gasteiger partial charge in [0.25, 0.3) is 0 Å². The number of rotatable bonds is 4. The predicted molar refractivity (Wildman–Crippen MR) is 81.1 cm³/mol. The maximum Gasteiger partial charge on any atom is 0.307 e. The lowest BCUT2D eigenvalue weighted by Crippen LogP contribution is -2.50. The predicted octanol–water partition coefficient (Wildman–Crippen LogP) is 3.41. The normalized spacial score (nSPS) is 29.3. The van der Waals surface area contributed by atoms with Crippen LogP contribution in [0.3, 0.4) is 0 Å². The van der Waals surface area contributed by atoms with Crippen molar-refractivity contribution in [2.75, 3.05) is 0 Å². The zero-order chi connectivity index (χ0) is 14.9. The van der Waals surface area contributed by atoms with Crippen molar-refractivity contribution in [2.24, 2.45) is 17.3 Å². The minimum Gasteiger partial charge on any atom is -0.481 e. The summed E-state index contributed by atoms with van der Waals surface area (Å²) in [6.45, 7) is 6.96. The first-order valence-electron chi connectivity index (χ1n) is 6.88. The monoisotopic (exact) mass is 316 g/mol. The molecule has 0 radical (unpaired) electrons. The molecule has 1 aromatic heterocycles. The number of halogens is 1. The summed E-state index contributed by atoms with van der Waals surface area (Å²) in [5, 5.41) is 13.8. The van der Waals surface area contributed by atoms with E-state index in [9.17, 15) is 9.90 Å². The lowest BCUT2D eigenvalue weighted by Gasteiger charge is -2.46. The van der Waals surface area contributed by atoms with Gasteiger partial charge in [-0.3, -0.25) is 4.79 Å². The van der Waals surface area contributed by atoms with Crippen molar-refractivity contribution < 1.29 is 9.90 Å². The van der Waals surface area contributed by atoms with E-state index in [1.807, 2.05) is 0 Å². The number of aliphatic carboxylic acids is 1. The molecular weight excluding hydrogens is 296 g/mol. The Hall–Kier alpha value is -0.650. The van der Waals surface area contributed by atoms with Crippen LogP contribution in [0.2, 0.25) is 4.34 Å². The van der Waals surface area contributed by atoms with Crippen LogP contribution in [0.15, 0.2) is 6.20 Å². The van der Waals surface area contributed by atoms with Crippen molar-refractivity contribution >= 4 is 28.9 Å². The average Bonchev–Trinajstić information content (AvgIpc) is 2.76. The second kappa shape index (κ2) is 6.00. The third-order valence-corrected chi connectivity index (χ3v) is 5.90. The Labute approximate surface area is 128 Å². The first-order chi connectivity index (χ1) is 9.32. The Morgan fingerprint density at radius 1 is 1.60 bits per heavy atom. The Balaban J connectivity index is 1.99. The molecule has 0 spiro atoms. The van der Waals surface area contributed by atoms with Crippen molar-refractivity contribution in [1.29, 1.82) is 0 Å². The molecule has 1 fully saturated rings. The summed E-state index contributed by atoms with van der Waals surface area (Å²) < 4.78 is 0.699. The standard InChI is InChI=1S/C14H21ClN2O2S/c1-8-10(16-7-12-17-6-11(15)20-12)5-4-9(13(18)19)14(8,2)3/h6,8-10,16H,4-5,7H2,1-3H3,(H,18,19). The number of aromatic nitrogens is 1. The smallest absolute Gasteiger partial charge is 0.307 e. The van der Waals surface area contributed by atoms with Crippen LogP contribution in [0.4, 0.5) is 0 Å². The molecule has 0 aliphatic heterocycles. The first-order valence-corrected chi connectivity index (χ1v) is 8.08. The van der Waals surface area contributed by atoms with Gasteiger partial charge in [-0.1, -0.05) is 32.4 Å². The largest absolute Gasteiger partial charge is 0.481 e. The van der Waals surface area contributed by atoms with Gasteiger partial charge < -0.3 is 10.4 Å². The van der Waals surface area contributed by atoms with Crippen LogP contribution in [-0.2, 0) is 11.3 Å². The lowest BCUT2D eigenvalue weighted by atomic mass is 9.61. The molecule has 1 aliphatic rings. The molecule has 3 atom stereocenters. The fourth-order valence-electron chi connectivity index (χ4n) is 3.11. The van der Waals surface area contributed by atoms with Gasteiger partial charge >= 0.3 is 5.97 Å². The molecule has 0 aromatic carbocycles. The molecule has 2 N–H and O–H groups in total. The second-order valence-electron chi connectivity index (χ2n) is 6.12. The summed E-state index contributed by atoms with van der Waals surface area (Å²) in [6, 6.07) is 0.322. The molecule has 0 bridgehead atoms. The zero-order valence-electron chi connectivity index (χ0n) is 12.0. The summed E-state index contributed by atoms with van der Waals surface area (Å²) in [5.74, 6) is -0.635. The molecule has 2 rings (SSSR count). The van der Waals surface area contributed by atoms with E-state index in [-0.39, 0.29) is 11.3 Å². The van der Waals surface area contributed by atoms with Crippen molar-refractivity contribution in [3.8, 4) is 0 Å². The highest BCUT2D eigenvalue weighted by Gasteiger charge is 2.46. The number of carbonyl (C=O) groups is 1. The highest BCUT2D eigenvalue weighted by molar-refractivity contribution is 7.15. The van der Waals surface area contributed by atoms with E-state index in [1.54, 1.807) is 6.20 Å². The molecule has 1 aliphatic carbocycles. The second-order valence-corrected chi connectivity index (χ2v) is 7.87. The molecule has 6 heteroatoms. The minimum atomic E-state index is -0.674. The van der Waals surface area contributed by atoms with Crippen LogP contribution in [0.1, 0.15) is 38.6 Å². The van der Waals surface area contributed by atoms with Crippen LogP contribution in [0.5, 0.6) is 0 Å². The summed E-state index contributed by atoms with van der Waals surface area (Å²) >= 11 is 7.35. The Morgan fingerprint density at radius 2 is 2.30 bits per heavy atom. The fourth-order valence-corrected chi connectivity index (χ4v) is 4.02. The number of nitrogens with one attached hydrogen (secondary N) is 1. The van der Waals surface area contributed by atoms with E-state index in [2.05, 4.69) is 31.1 Å². The van der Waals surface area contributed by atoms with Crippen molar-refractivity contribution in [2.45, 2.75) is 46.2 Å². The first kappa shape index (κ1) is 15.7. The van der Waals surface area contributed by atoms with Crippen molar-refractivity contribution in [3.05, 3.63) is 15.5 Å². The maximum absolute atomic E-state index is 11.4. The molecule has 1 aromatic rings. The molecule has 0 saturated heterocycles. The van der Waals surface area contributed by atoms with Gasteiger partial charge in [0.2, 0.25) is 0 Å². The summed E-state index contributed by atoms with van der Waals surface area (Å²) in [6.07, 6.45) is 3.28.